The zero-order valence-electron chi connectivity index (χ0n) is 11.8. The smallest absolute Gasteiger partial charge is 0.245 e. The van der Waals surface area contributed by atoms with Gasteiger partial charge in [0.1, 0.15) is 10.7 Å². The molecule has 0 radical (unpaired) electrons. The van der Waals surface area contributed by atoms with E-state index in [0.29, 0.717) is 17.0 Å². The number of hydrogen-bond donors (Lipinski definition) is 1. The normalized spacial score (nSPS) is 12.0. The summed E-state index contributed by atoms with van der Waals surface area (Å²) >= 11 is 0. The summed E-state index contributed by atoms with van der Waals surface area (Å²) in [4.78, 5) is 0.173. The van der Waals surface area contributed by atoms with Crippen LogP contribution in [0.5, 0.6) is 0 Å². The quantitative estimate of drug-likeness (QED) is 0.878. The Bertz CT molecular complexity index is 706. The largest absolute Gasteiger partial charge is 0.468 e. The van der Waals surface area contributed by atoms with Gasteiger partial charge in [0.15, 0.2) is 0 Å². The van der Waals surface area contributed by atoms with E-state index < -0.39 is 10.0 Å². The van der Waals surface area contributed by atoms with Crippen LogP contribution in [-0.2, 0) is 16.6 Å². The van der Waals surface area contributed by atoms with Crippen molar-refractivity contribution in [1.29, 1.82) is 0 Å². The minimum absolute atomic E-state index is 0.169. The van der Waals surface area contributed by atoms with E-state index in [2.05, 4.69) is 0 Å². The molecule has 1 aromatic carbocycles. The standard InChI is InChI=1S/C14H18N2O3S/c1-10-6-7-11(2)14(13(10)15)20(17,18)16(3)9-12-5-4-8-19-12/h4-8H,9,15H2,1-3H3. The van der Waals surface area contributed by atoms with Crippen LogP contribution in [0, 0.1) is 13.8 Å². The molecule has 0 saturated heterocycles. The van der Waals surface area contributed by atoms with Gasteiger partial charge in [0, 0.05) is 7.05 Å². The molecule has 2 rings (SSSR count). The summed E-state index contributed by atoms with van der Waals surface area (Å²) in [5.41, 5.74) is 7.64. The molecule has 0 amide bonds. The summed E-state index contributed by atoms with van der Waals surface area (Å²) in [5.74, 6) is 0.583. The second-order valence-electron chi connectivity index (χ2n) is 4.78. The lowest BCUT2D eigenvalue weighted by molar-refractivity contribution is 0.406. The number of nitrogen functional groups attached to an aromatic ring is 1. The SMILES string of the molecule is Cc1ccc(C)c(S(=O)(=O)N(C)Cc2ccco2)c1N. The fraction of sp³-hybridized carbons (Fsp3) is 0.286. The first-order valence-corrected chi connectivity index (χ1v) is 7.62. The maximum absolute atomic E-state index is 12.7. The highest BCUT2D eigenvalue weighted by Gasteiger charge is 2.26. The third kappa shape index (κ3) is 2.57. The van der Waals surface area contributed by atoms with Gasteiger partial charge in [-0.15, -0.1) is 0 Å². The Kier molecular flexibility index (Phi) is 3.87. The van der Waals surface area contributed by atoms with E-state index in [0.717, 1.165) is 5.56 Å². The van der Waals surface area contributed by atoms with E-state index >= 15 is 0 Å². The van der Waals surface area contributed by atoms with E-state index in [4.69, 9.17) is 10.2 Å². The lowest BCUT2D eigenvalue weighted by Gasteiger charge is -2.19. The van der Waals surface area contributed by atoms with Crippen LogP contribution in [0.15, 0.2) is 39.8 Å². The fourth-order valence-corrected chi connectivity index (χ4v) is 3.53. The minimum atomic E-state index is -3.65. The van der Waals surface area contributed by atoms with Crippen molar-refractivity contribution in [3.8, 4) is 0 Å². The van der Waals surface area contributed by atoms with Gasteiger partial charge < -0.3 is 10.2 Å². The van der Waals surface area contributed by atoms with Gasteiger partial charge in [-0.2, -0.15) is 4.31 Å². The van der Waals surface area contributed by atoms with E-state index in [1.54, 1.807) is 32.0 Å². The number of nitrogens with two attached hydrogens (primary N) is 1. The molecule has 1 aromatic heterocycles. The average Bonchev–Trinajstić information content (AvgIpc) is 2.87. The molecule has 2 N–H and O–H groups in total. The Morgan fingerprint density at radius 2 is 1.85 bits per heavy atom. The first-order valence-electron chi connectivity index (χ1n) is 6.18. The summed E-state index contributed by atoms with van der Waals surface area (Å²) in [6, 6.07) is 7.04. The first kappa shape index (κ1) is 14.6. The number of anilines is 1. The summed E-state index contributed by atoms with van der Waals surface area (Å²) in [6.45, 7) is 3.70. The summed E-state index contributed by atoms with van der Waals surface area (Å²) < 4.78 is 31.7. The van der Waals surface area contributed by atoms with Crippen molar-refractivity contribution in [2.75, 3.05) is 12.8 Å². The number of furan rings is 1. The highest BCUT2D eigenvalue weighted by Crippen LogP contribution is 2.28. The zero-order chi connectivity index (χ0) is 14.9. The topological polar surface area (TPSA) is 76.5 Å². The number of aryl methyl sites for hydroxylation is 2. The number of sulfonamides is 1. The molecule has 0 spiro atoms. The van der Waals surface area contributed by atoms with Crippen LogP contribution < -0.4 is 5.73 Å². The molecular weight excluding hydrogens is 276 g/mol. The first-order chi connectivity index (χ1) is 9.34. The lowest BCUT2D eigenvalue weighted by atomic mass is 10.1. The van der Waals surface area contributed by atoms with Gasteiger partial charge in [0.25, 0.3) is 0 Å². The van der Waals surface area contributed by atoms with E-state index in [-0.39, 0.29) is 11.4 Å². The molecule has 5 nitrogen and oxygen atoms in total. The summed E-state index contributed by atoms with van der Waals surface area (Å²) in [7, 11) is -2.14. The van der Waals surface area contributed by atoms with Crippen molar-refractivity contribution in [2.45, 2.75) is 25.3 Å². The Labute approximate surface area is 119 Å². The number of rotatable bonds is 4. The Morgan fingerprint density at radius 3 is 2.45 bits per heavy atom. The van der Waals surface area contributed by atoms with Crippen molar-refractivity contribution in [3.63, 3.8) is 0 Å². The third-order valence-electron chi connectivity index (χ3n) is 3.24. The molecule has 108 valence electrons. The summed E-state index contributed by atoms with van der Waals surface area (Å²) in [5, 5.41) is 0. The number of hydrogen-bond acceptors (Lipinski definition) is 4. The van der Waals surface area contributed by atoms with E-state index in [1.165, 1.54) is 17.6 Å². The van der Waals surface area contributed by atoms with E-state index in [9.17, 15) is 8.42 Å². The maximum atomic E-state index is 12.7. The molecule has 1 heterocycles. The van der Waals surface area contributed by atoms with Crippen LogP contribution >= 0.6 is 0 Å². The minimum Gasteiger partial charge on any atom is -0.468 e. The molecule has 0 bridgehead atoms. The number of nitrogens with zero attached hydrogens (tertiary/aromatic N) is 1. The second-order valence-corrected chi connectivity index (χ2v) is 6.76. The van der Waals surface area contributed by atoms with Gasteiger partial charge in [-0.25, -0.2) is 8.42 Å². The van der Waals surface area contributed by atoms with Gasteiger partial charge in [-0.1, -0.05) is 12.1 Å². The average molecular weight is 294 g/mol. The van der Waals surface area contributed by atoms with Crippen molar-refractivity contribution in [1.82, 2.24) is 4.31 Å². The lowest BCUT2D eigenvalue weighted by Crippen LogP contribution is -2.28. The molecule has 0 unspecified atom stereocenters. The van der Waals surface area contributed by atoms with Gasteiger partial charge >= 0.3 is 0 Å². The molecule has 0 aliphatic heterocycles. The highest BCUT2D eigenvalue weighted by molar-refractivity contribution is 7.89. The number of benzene rings is 1. The molecule has 0 fully saturated rings. The molecule has 0 aliphatic carbocycles. The molecule has 0 saturated carbocycles. The van der Waals surface area contributed by atoms with Crippen LogP contribution in [-0.4, -0.2) is 19.8 Å². The Morgan fingerprint density at radius 1 is 1.20 bits per heavy atom. The molecule has 20 heavy (non-hydrogen) atoms. The fourth-order valence-electron chi connectivity index (χ4n) is 2.01. The van der Waals surface area contributed by atoms with Crippen LogP contribution in [0.2, 0.25) is 0 Å². The Hall–Kier alpha value is -1.79. The van der Waals surface area contributed by atoms with Crippen LogP contribution in [0.25, 0.3) is 0 Å². The predicted molar refractivity (Wildman–Crippen MR) is 77.7 cm³/mol. The van der Waals surface area contributed by atoms with E-state index in [1.807, 2.05) is 6.07 Å². The summed E-state index contributed by atoms with van der Waals surface area (Å²) in [6.07, 6.45) is 1.52. The van der Waals surface area contributed by atoms with Gasteiger partial charge in [-0.05, 0) is 37.1 Å². The maximum Gasteiger partial charge on any atom is 0.245 e. The second kappa shape index (κ2) is 5.30. The van der Waals surface area contributed by atoms with Crippen molar-refractivity contribution in [3.05, 3.63) is 47.4 Å². The van der Waals surface area contributed by atoms with Crippen molar-refractivity contribution in [2.24, 2.45) is 0 Å². The molecule has 0 aliphatic rings. The molecule has 0 atom stereocenters. The Balaban J connectivity index is 2.42. The predicted octanol–water partition coefficient (Wildman–Crippen LogP) is 2.30. The van der Waals surface area contributed by atoms with Gasteiger partial charge in [0.2, 0.25) is 10.0 Å². The highest BCUT2D eigenvalue weighted by atomic mass is 32.2. The van der Waals surface area contributed by atoms with Crippen LogP contribution in [0.4, 0.5) is 5.69 Å². The van der Waals surface area contributed by atoms with Crippen molar-refractivity contribution >= 4 is 15.7 Å². The van der Waals surface area contributed by atoms with Crippen LogP contribution in [0.1, 0.15) is 16.9 Å². The molecular formula is C14H18N2O3S. The van der Waals surface area contributed by atoms with Crippen molar-refractivity contribution < 1.29 is 12.8 Å². The van der Waals surface area contributed by atoms with Crippen LogP contribution in [0.3, 0.4) is 0 Å². The third-order valence-corrected chi connectivity index (χ3v) is 5.25. The van der Waals surface area contributed by atoms with Gasteiger partial charge in [-0.3, -0.25) is 0 Å². The zero-order valence-corrected chi connectivity index (χ0v) is 12.6. The molecule has 2 aromatic rings. The molecule has 6 heteroatoms. The van der Waals surface area contributed by atoms with Gasteiger partial charge in [0.05, 0.1) is 18.5 Å². The monoisotopic (exact) mass is 294 g/mol.